The Bertz CT molecular complexity index is 799. The van der Waals surface area contributed by atoms with Gasteiger partial charge in [-0.15, -0.1) is 6.58 Å². The lowest BCUT2D eigenvalue weighted by Crippen LogP contribution is -2.25. The molecule has 1 aliphatic rings. The lowest BCUT2D eigenvalue weighted by molar-refractivity contribution is -0.180. The van der Waals surface area contributed by atoms with Crippen LogP contribution >= 0.6 is 0 Å². The Hall–Kier alpha value is -2.34. The van der Waals surface area contributed by atoms with Gasteiger partial charge in [0.15, 0.2) is 11.6 Å². The molecular formula is C21H20F4O2. The Labute approximate surface area is 155 Å². The summed E-state index contributed by atoms with van der Waals surface area (Å²) in [6, 6.07) is 9.06. The molecule has 0 bridgehead atoms. The summed E-state index contributed by atoms with van der Waals surface area (Å²) in [5.74, 6) is -2.12. The zero-order valence-corrected chi connectivity index (χ0v) is 14.7. The fourth-order valence-corrected chi connectivity index (χ4v) is 2.77. The maximum atomic E-state index is 14.1. The van der Waals surface area contributed by atoms with Crippen molar-refractivity contribution >= 4 is 0 Å². The molecule has 0 N–H and O–H groups in total. The molecule has 2 aromatic rings. The summed E-state index contributed by atoms with van der Waals surface area (Å²) in [5, 5.41) is 0. The van der Waals surface area contributed by atoms with Gasteiger partial charge in [-0.3, -0.25) is 0 Å². The summed E-state index contributed by atoms with van der Waals surface area (Å²) in [7, 11) is 0. The summed E-state index contributed by atoms with van der Waals surface area (Å²) in [6.07, 6.45) is -1.70. The predicted octanol–water partition coefficient (Wildman–Crippen LogP) is 5.76. The summed E-state index contributed by atoms with van der Waals surface area (Å²) in [4.78, 5) is 0. The number of epoxide rings is 1. The van der Waals surface area contributed by atoms with E-state index in [0.717, 1.165) is 18.4 Å². The first-order chi connectivity index (χ1) is 12.9. The van der Waals surface area contributed by atoms with E-state index in [2.05, 4.69) is 6.58 Å². The van der Waals surface area contributed by atoms with Crippen molar-refractivity contribution in [1.82, 2.24) is 0 Å². The van der Waals surface area contributed by atoms with Crippen molar-refractivity contribution in [3.8, 4) is 5.75 Å². The fourth-order valence-electron chi connectivity index (χ4n) is 2.77. The number of alkyl halides is 2. The van der Waals surface area contributed by atoms with Crippen molar-refractivity contribution in [3.05, 3.63) is 77.4 Å². The lowest BCUT2D eigenvalue weighted by Gasteiger charge is -2.18. The molecule has 0 aliphatic carbocycles. The molecule has 2 aromatic carbocycles. The number of benzene rings is 2. The summed E-state index contributed by atoms with van der Waals surface area (Å²) >= 11 is 0. The second kappa shape index (κ2) is 8.13. The Morgan fingerprint density at radius 3 is 2.41 bits per heavy atom. The minimum Gasteiger partial charge on any atom is -0.433 e. The van der Waals surface area contributed by atoms with Gasteiger partial charge in [0.2, 0.25) is 0 Å². The van der Waals surface area contributed by atoms with Gasteiger partial charge in [0, 0.05) is 5.56 Å². The molecule has 0 amide bonds. The van der Waals surface area contributed by atoms with E-state index >= 15 is 0 Å². The molecule has 1 atom stereocenters. The maximum absolute atomic E-state index is 14.1. The van der Waals surface area contributed by atoms with Crippen molar-refractivity contribution in [3.63, 3.8) is 0 Å². The quantitative estimate of drug-likeness (QED) is 0.313. The third kappa shape index (κ3) is 5.10. The van der Waals surface area contributed by atoms with Gasteiger partial charge in [0.1, 0.15) is 11.9 Å². The normalized spacial score (nSPS) is 16.2. The third-order valence-corrected chi connectivity index (χ3v) is 4.39. The van der Waals surface area contributed by atoms with E-state index in [4.69, 9.17) is 9.47 Å². The van der Waals surface area contributed by atoms with E-state index in [9.17, 15) is 17.6 Å². The molecule has 144 valence electrons. The molecule has 1 heterocycles. The zero-order chi connectivity index (χ0) is 19.4. The summed E-state index contributed by atoms with van der Waals surface area (Å²) in [6.45, 7) is 3.98. The number of hydrogen-bond donors (Lipinski definition) is 0. The standard InChI is InChI=1S/C21H20F4O2/c1-2-3-4-14-5-8-16(9-6-14)27-21(24,25)12-11-15-7-10-17(18-13-26-18)20(23)19(15)22/h2,5-10,18H,1,3-4,11-13H2. The predicted molar refractivity (Wildman–Crippen MR) is 93.9 cm³/mol. The number of halogens is 4. The largest absolute Gasteiger partial charge is 0.433 e. The van der Waals surface area contributed by atoms with Crippen LogP contribution < -0.4 is 4.74 Å². The minimum atomic E-state index is -3.50. The molecule has 3 rings (SSSR count). The molecule has 1 saturated heterocycles. The van der Waals surface area contributed by atoms with E-state index in [1.165, 1.54) is 24.3 Å². The molecule has 2 nitrogen and oxygen atoms in total. The van der Waals surface area contributed by atoms with Crippen LogP contribution in [-0.4, -0.2) is 12.7 Å². The molecular weight excluding hydrogens is 360 g/mol. The van der Waals surface area contributed by atoms with Gasteiger partial charge >= 0.3 is 6.11 Å². The molecule has 1 fully saturated rings. The van der Waals surface area contributed by atoms with Crippen molar-refractivity contribution in [2.75, 3.05) is 6.61 Å². The molecule has 0 spiro atoms. The SMILES string of the molecule is C=CCCc1ccc(OC(F)(F)CCc2ccc(C3CO3)c(F)c2F)cc1. The lowest BCUT2D eigenvalue weighted by atomic mass is 10.0. The van der Waals surface area contributed by atoms with E-state index < -0.39 is 30.3 Å². The molecule has 27 heavy (non-hydrogen) atoms. The van der Waals surface area contributed by atoms with Gasteiger partial charge in [0.25, 0.3) is 0 Å². The molecule has 6 heteroatoms. The van der Waals surface area contributed by atoms with E-state index in [0.29, 0.717) is 6.61 Å². The van der Waals surface area contributed by atoms with E-state index in [1.54, 1.807) is 18.2 Å². The van der Waals surface area contributed by atoms with Crippen molar-refractivity contribution in [2.45, 2.75) is 37.9 Å². The van der Waals surface area contributed by atoms with Crippen molar-refractivity contribution < 1.29 is 27.0 Å². The number of ether oxygens (including phenoxy) is 2. The van der Waals surface area contributed by atoms with Gasteiger partial charge in [-0.1, -0.05) is 30.3 Å². The Balaban J connectivity index is 1.59. The van der Waals surface area contributed by atoms with E-state index in [-0.39, 0.29) is 23.3 Å². The van der Waals surface area contributed by atoms with Gasteiger partial charge in [0.05, 0.1) is 13.0 Å². The van der Waals surface area contributed by atoms with Gasteiger partial charge in [-0.25, -0.2) is 8.78 Å². The van der Waals surface area contributed by atoms with Crippen LogP contribution in [0.25, 0.3) is 0 Å². The van der Waals surface area contributed by atoms with Crippen LogP contribution in [0, 0.1) is 11.6 Å². The van der Waals surface area contributed by atoms with Crippen molar-refractivity contribution in [1.29, 1.82) is 0 Å². The third-order valence-electron chi connectivity index (χ3n) is 4.39. The average Bonchev–Trinajstić information content (AvgIpc) is 3.47. The summed E-state index contributed by atoms with van der Waals surface area (Å²) < 4.78 is 65.9. The first kappa shape index (κ1) is 19.4. The van der Waals surface area contributed by atoms with Crippen LogP contribution in [0.4, 0.5) is 17.6 Å². The Kier molecular flexibility index (Phi) is 5.85. The summed E-state index contributed by atoms with van der Waals surface area (Å²) in [5.41, 5.74) is 0.999. The van der Waals surface area contributed by atoms with Gasteiger partial charge in [-0.05, 0) is 42.5 Å². The molecule has 0 saturated carbocycles. The minimum absolute atomic E-state index is 0.0234. The number of rotatable bonds is 9. The number of allylic oxidation sites excluding steroid dienone is 1. The smallest absolute Gasteiger partial charge is 0.398 e. The monoisotopic (exact) mass is 380 g/mol. The maximum Gasteiger partial charge on any atom is 0.398 e. The van der Waals surface area contributed by atoms with E-state index in [1.807, 2.05) is 0 Å². The first-order valence-corrected chi connectivity index (χ1v) is 8.74. The molecule has 0 radical (unpaired) electrons. The van der Waals surface area contributed by atoms with Crippen LogP contribution in [0.1, 0.15) is 35.6 Å². The fraction of sp³-hybridized carbons (Fsp3) is 0.333. The van der Waals surface area contributed by atoms with Gasteiger partial charge in [-0.2, -0.15) is 8.78 Å². The van der Waals surface area contributed by atoms with Crippen molar-refractivity contribution in [2.24, 2.45) is 0 Å². The van der Waals surface area contributed by atoms with Crippen LogP contribution in [0.2, 0.25) is 0 Å². The van der Waals surface area contributed by atoms with Crippen LogP contribution in [-0.2, 0) is 17.6 Å². The average molecular weight is 380 g/mol. The zero-order valence-electron chi connectivity index (χ0n) is 14.7. The van der Waals surface area contributed by atoms with Gasteiger partial charge < -0.3 is 9.47 Å². The molecule has 1 aliphatic heterocycles. The highest BCUT2D eigenvalue weighted by atomic mass is 19.3. The highest BCUT2D eigenvalue weighted by molar-refractivity contribution is 5.30. The second-order valence-corrected chi connectivity index (χ2v) is 6.47. The Morgan fingerprint density at radius 2 is 1.78 bits per heavy atom. The Morgan fingerprint density at radius 1 is 1.07 bits per heavy atom. The van der Waals surface area contributed by atoms with Crippen LogP contribution in [0.15, 0.2) is 49.1 Å². The highest BCUT2D eigenvalue weighted by Crippen LogP contribution is 2.34. The first-order valence-electron chi connectivity index (χ1n) is 8.74. The second-order valence-electron chi connectivity index (χ2n) is 6.47. The van der Waals surface area contributed by atoms with Crippen LogP contribution in [0.3, 0.4) is 0 Å². The van der Waals surface area contributed by atoms with Crippen LogP contribution in [0.5, 0.6) is 5.75 Å². The topological polar surface area (TPSA) is 21.8 Å². The molecule has 0 aromatic heterocycles. The highest BCUT2D eigenvalue weighted by Gasteiger charge is 2.33. The molecule has 1 unspecified atom stereocenters. The number of aryl methyl sites for hydroxylation is 2. The number of hydrogen-bond acceptors (Lipinski definition) is 2.